The summed E-state index contributed by atoms with van der Waals surface area (Å²) in [5, 5.41) is 0. The maximum Gasteiger partial charge on any atom is 0.0231 e. The van der Waals surface area contributed by atoms with E-state index in [-0.39, 0.29) is 0 Å². The number of hydrogen-bond acceptors (Lipinski definition) is 2. The second-order valence-corrected chi connectivity index (χ2v) is 11.0. The van der Waals surface area contributed by atoms with Crippen molar-refractivity contribution in [1.29, 1.82) is 0 Å². The summed E-state index contributed by atoms with van der Waals surface area (Å²) >= 11 is 3.91. The fourth-order valence-corrected chi connectivity index (χ4v) is 5.72. The molecule has 3 aromatic carbocycles. The van der Waals surface area contributed by atoms with Crippen molar-refractivity contribution in [3.05, 3.63) is 83.9 Å². The molecule has 3 rings (SSSR count). The minimum absolute atomic E-state index is 1.02. The molecule has 0 N–H and O–H groups in total. The molecule has 0 spiro atoms. The molecule has 2 heteroatoms. The van der Waals surface area contributed by atoms with Gasteiger partial charge in [-0.05, 0) is 65.1 Å². The van der Waals surface area contributed by atoms with Crippen molar-refractivity contribution in [2.45, 2.75) is 87.2 Å². The highest BCUT2D eigenvalue weighted by atomic mass is 32.2. The monoisotopic (exact) mass is 476 g/mol. The minimum Gasteiger partial charge on any atom is -0.126 e. The van der Waals surface area contributed by atoms with E-state index < -0.39 is 0 Å². The molecule has 176 valence electrons. The highest BCUT2D eigenvalue weighted by Gasteiger charge is 2.02. The lowest BCUT2D eigenvalue weighted by atomic mass is 10.1. The van der Waals surface area contributed by atoms with Gasteiger partial charge in [0, 0.05) is 15.5 Å². The molecule has 0 aromatic heterocycles. The van der Waals surface area contributed by atoms with Crippen LogP contribution in [0.15, 0.2) is 82.6 Å². The zero-order valence-corrected chi connectivity index (χ0v) is 22.2. The fraction of sp³-hybridized carbons (Fsp3) is 0.419. The SMILES string of the molecule is CCCCCCCCCCSc1ccc(-c2ccc(SCc3ccc(CC)cc3)cc2)cc1. The van der Waals surface area contributed by atoms with Crippen LogP contribution < -0.4 is 0 Å². The van der Waals surface area contributed by atoms with Gasteiger partial charge in [0.2, 0.25) is 0 Å². The Hall–Kier alpha value is -1.64. The number of unbranched alkanes of at least 4 members (excludes halogenated alkanes) is 7. The fourth-order valence-electron chi connectivity index (χ4n) is 3.95. The Balaban J connectivity index is 1.37. The van der Waals surface area contributed by atoms with Gasteiger partial charge < -0.3 is 0 Å². The van der Waals surface area contributed by atoms with Gasteiger partial charge in [-0.3, -0.25) is 0 Å². The van der Waals surface area contributed by atoms with Crippen molar-refractivity contribution in [3.8, 4) is 11.1 Å². The van der Waals surface area contributed by atoms with Gasteiger partial charge in [-0.2, -0.15) is 0 Å². The third-order valence-electron chi connectivity index (χ3n) is 6.15. The summed E-state index contributed by atoms with van der Waals surface area (Å²) in [5.74, 6) is 2.26. The predicted octanol–water partition coefficient (Wildman–Crippen LogP) is 10.4. The van der Waals surface area contributed by atoms with Crippen LogP contribution in [-0.2, 0) is 12.2 Å². The molecule has 3 aromatic rings. The van der Waals surface area contributed by atoms with Crippen LogP contribution in [0.3, 0.4) is 0 Å². The molecular weight excluding hydrogens is 436 g/mol. The van der Waals surface area contributed by atoms with Gasteiger partial charge in [0.1, 0.15) is 0 Å². The van der Waals surface area contributed by atoms with Gasteiger partial charge in [-0.15, -0.1) is 23.5 Å². The highest BCUT2D eigenvalue weighted by Crippen LogP contribution is 2.28. The number of rotatable bonds is 15. The summed E-state index contributed by atoms with van der Waals surface area (Å²) in [7, 11) is 0. The molecule has 0 bridgehead atoms. The third-order valence-corrected chi connectivity index (χ3v) is 8.33. The van der Waals surface area contributed by atoms with Crippen LogP contribution in [0.25, 0.3) is 11.1 Å². The first-order chi connectivity index (χ1) is 16.3. The minimum atomic E-state index is 1.02. The van der Waals surface area contributed by atoms with Crippen LogP contribution in [0, 0.1) is 0 Å². The first kappa shape index (κ1) is 26.0. The lowest BCUT2D eigenvalue weighted by Crippen LogP contribution is -1.85. The second kappa shape index (κ2) is 15.3. The molecular formula is C31H40S2. The first-order valence-corrected chi connectivity index (χ1v) is 14.8. The van der Waals surface area contributed by atoms with Crippen molar-refractivity contribution in [3.63, 3.8) is 0 Å². The molecule has 33 heavy (non-hydrogen) atoms. The normalized spacial score (nSPS) is 11.1. The van der Waals surface area contributed by atoms with E-state index in [1.807, 2.05) is 23.5 Å². The van der Waals surface area contributed by atoms with Crippen molar-refractivity contribution in [1.82, 2.24) is 0 Å². The van der Waals surface area contributed by atoms with Crippen LogP contribution >= 0.6 is 23.5 Å². The maximum atomic E-state index is 2.29. The Morgan fingerprint density at radius 2 is 0.970 bits per heavy atom. The van der Waals surface area contributed by atoms with E-state index in [0.29, 0.717) is 0 Å². The molecule has 0 aliphatic carbocycles. The van der Waals surface area contributed by atoms with Crippen molar-refractivity contribution in [2.75, 3.05) is 5.75 Å². The third kappa shape index (κ3) is 9.63. The average molecular weight is 477 g/mol. The first-order valence-electron chi connectivity index (χ1n) is 12.8. The summed E-state index contributed by atoms with van der Waals surface area (Å²) in [6, 6.07) is 27.1. The van der Waals surface area contributed by atoms with E-state index in [9.17, 15) is 0 Å². The van der Waals surface area contributed by atoms with Gasteiger partial charge in [0.25, 0.3) is 0 Å². The smallest absolute Gasteiger partial charge is 0.0231 e. The molecule has 0 saturated carbocycles. The highest BCUT2D eigenvalue weighted by molar-refractivity contribution is 7.99. The number of benzene rings is 3. The van der Waals surface area contributed by atoms with E-state index in [1.54, 1.807) is 0 Å². The van der Waals surface area contributed by atoms with Crippen LogP contribution in [0.1, 0.15) is 76.3 Å². The molecule has 0 fully saturated rings. The summed E-state index contributed by atoms with van der Waals surface area (Å²) in [5.41, 5.74) is 5.40. The Kier molecular flexibility index (Phi) is 12.0. The Labute approximate surface area is 211 Å². The van der Waals surface area contributed by atoms with Crippen LogP contribution in [-0.4, -0.2) is 5.75 Å². The molecule has 0 aliphatic rings. The maximum absolute atomic E-state index is 2.29. The van der Waals surface area contributed by atoms with E-state index in [4.69, 9.17) is 0 Å². The standard InChI is InChI=1S/C31H40S2/c1-3-5-6-7-8-9-10-11-24-32-30-20-16-28(17-21-30)29-18-22-31(23-19-29)33-25-27-14-12-26(4-2)13-15-27/h12-23H,3-11,24-25H2,1-2H3. The van der Waals surface area contributed by atoms with Gasteiger partial charge in [-0.1, -0.05) is 107 Å². The molecule has 0 aliphatic heterocycles. The lowest BCUT2D eigenvalue weighted by Gasteiger charge is -2.07. The van der Waals surface area contributed by atoms with E-state index in [1.165, 1.54) is 89.2 Å². The largest absolute Gasteiger partial charge is 0.126 e. The number of thioether (sulfide) groups is 2. The summed E-state index contributed by atoms with van der Waals surface area (Å²) in [6.07, 6.45) is 12.2. The Bertz CT molecular complexity index is 895. The molecule has 0 amide bonds. The second-order valence-electron chi connectivity index (χ2n) is 8.83. The summed E-state index contributed by atoms with van der Waals surface area (Å²) in [4.78, 5) is 2.72. The van der Waals surface area contributed by atoms with Crippen molar-refractivity contribution in [2.24, 2.45) is 0 Å². The zero-order chi connectivity index (χ0) is 23.1. The quantitative estimate of drug-likeness (QED) is 0.158. The van der Waals surface area contributed by atoms with E-state index >= 15 is 0 Å². The van der Waals surface area contributed by atoms with Gasteiger partial charge >= 0.3 is 0 Å². The zero-order valence-electron chi connectivity index (χ0n) is 20.5. The Morgan fingerprint density at radius 1 is 0.485 bits per heavy atom. The topological polar surface area (TPSA) is 0 Å². The van der Waals surface area contributed by atoms with Gasteiger partial charge in [0.05, 0.1) is 0 Å². The van der Waals surface area contributed by atoms with E-state index in [2.05, 4.69) is 86.6 Å². The summed E-state index contributed by atoms with van der Waals surface area (Å²) in [6.45, 7) is 4.49. The van der Waals surface area contributed by atoms with Gasteiger partial charge in [-0.25, -0.2) is 0 Å². The van der Waals surface area contributed by atoms with Crippen LogP contribution in [0.4, 0.5) is 0 Å². The molecule has 0 saturated heterocycles. The molecule has 0 radical (unpaired) electrons. The lowest BCUT2D eigenvalue weighted by molar-refractivity contribution is 0.586. The van der Waals surface area contributed by atoms with Gasteiger partial charge in [0.15, 0.2) is 0 Å². The van der Waals surface area contributed by atoms with Crippen LogP contribution in [0.5, 0.6) is 0 Å². The summed E-state index contributed by atoms with van der Waals surface area (Å²) < 4.78 is 0. The van der Waals surface area contributed by atoms with Crippen molar-refractivity contribution < 1.29 is 0 Å². The van der Waals surface area contributed by atoms with Crippen LogP contribution in [0.2, 0.25) is 0 Å². The Morgan fingerprint density at radius 3 is 1.52 bits per heavy atom. The van der Waals surface area contributed by atoms with Crippen molar-refractivity contribution >= 4 is 23.5 Å². The molecule has 0 heterocycles. The molecule has 0 atom stereocenters. The number of aryl methyl sites for hydroxylation is 1. The number of hydrogen-bond donors (Lipinski definition) is 0. The molecule has 0 nitrogen and oxygen atoms in total. The predicted molar refractivity (Wildman–Crippen MR) is 151 cm³/mol. The average Bonchev–Trinajstić information content (AvgIpc) is 2.87. The van der Waals surface area contributed by atoms with E-state index in [0.717, 1.165) is 12.2 Å². The molecule has 0 unspecified atom stereocenters.